The Morgan fingerprint density at radius 1 is 1.00 bits per heavy atom. The zero-order chi connectivity index (χ0) is 24.1. The molecule has 2 N–H and O–H groups in total. The highest BCUT2D eigenvalue weighted by Crippen LogP contribution is 2.30. The summed E-state index contributed by atoms with van der Waals surface area (Å²) in [4.78, 5) is 34.3. The number of carbonyl (C=O) groups excluding carboxylic acids is 2. The lowest BCUT2D eigenvalue weighted by Gasteiger charge is -2.27. The van der Waals surface area contributed by atoms with E-state index in [0.29, 0.717) is 22.7 Å². The predicted octanol–water partition coefficient (Wildman–Crippen LogP) is 4.75. The number of aromatic nitrogens is 1. The first-order valence-corrected chi connectivity index (χ1v) is 10.0. The smallest absolute Gasteiger partial charge is 0.437 e. The van der Waals surface area contributed by atoms with Gasteiger partial charge in [-0.15, -0.1) is 4.99 Å². The number of hydrogen-bond donors (Lipinski definition) is 1. The molecule has 1 aromatic carbocycles. The van der Waals surface area contributed by atoms with Crippen LogP contribution in [0.1, 0.15) is 41.5 Å². The molecule has 9 nitrogen and oxygen atoms in total. The van der Waals surface area contributed by atoms with Crippen molar-refractivity contribution in [3.8, 4) is 17.0 Å². The zero-order valence-corrected chi connectivity index (χ0v) is 19.5. The van der Waals surface area contributed by atoms with E-state index in [2.05, 4.69) is 9.98 Å². The highest BCUT2D eigenvalue weighted by Gasteiger charge is 2.28. The van der Waals surface area contributed by atoms with Crippen LogP contribution in [-0.2, 0) is 9.47 Å². The molecule has 1 heterocycles. The summed E-state index contributed by atoms with van der Waals surface area (Å²) in [6.07, 6.45) is -0.0901. The van der Waals surface area contributed by atoms with Crippen LogP contribution in [-0.4, -0.2) is 41.4 Å². The number of nitrogens with two attached hydrogens (primary N) is 1. The molecule has 0 radical (unpaired) electrons. The molecule has 0 saturated carbocycles. The number of aliphatic imine (C=N–C) groups is 1. The van der Waals surface area contributed by atoms with E-state index in [0.717, 1.165) is 4.90 Å². The van der Waals surface area contributed by atoms with E-state index in [1.165, 1.54) is 0 Å². The van der Waals surface area contributed by atoms with Crippen molar-refractivity contribution in [3.05, 3.63) is 42.6 Å². The van der Waals surface area contributed by atoms with Crippen LogP contribution in [0.15, 0.2) is 47.6 Å². The van der Waals surface area contributed by atoms with E-state index in [-0.39, 0.29) is 0 Å². The van der Waals surface area contributed by atoms with E-state index in [9.17, 15) is 9.59 Å². The molecule has 172 valence electrons. The third-order valence-electron chi connectivity index (χ3n) is 3.77. The largest absolute Gasteiger partial charge is 0.494 e. The van der Waals surface area contributed by atoms with Crippen molar-refractivity contribution in [2.75, 3.05) is 12.0 Å². The summed E-state index contributed by atoms with van der Waals surface area (Å²) in [5.74, 6) is 0.169. The maximum absolute atomic E-state index is 13.0. The molecule has 32 heavy (non-hydrogen) atoms. The number of carbonyl (C=O) groups is 2. The highest BCUT2D eigenvalue weighted by atomic mass is 16.6. The van der Waals surface area contributed by atoms with Gasteiger partial charge in [0.05, 0.1) is 12.8 Å². The van der Waals surface area contributed by atoms with Crippen LogP contribution in [0.5, 0.6) is 5.75 Å². The standard InChI is InChI=1S/C23H30N4O5/c1-22(2,3)31-20(28)26-19(24)27(21(29)32-23(4,5)6)16-11-8-10-15(14-16)18-17(30-7)12-9-13-25-18/h8-14H,1-7H3,(H2,24,26,28). The van der Waals surface area contributed by atoms with E-state index in [1.807, 2.05) is 6.07 Å². The Kier molecular flexibility index (Phi) is 7.45. The number of methoxy groups -OCH3 is 1. The average molecular weight is 443 g/mol. The summed E-state index contributed by atoms with van der Waals surface area (Å²) in [6, 6.07) is 10.4. The summed E-state index contributed by atoms with van der Waals surface area (Å²) in [5.41, 5.74) is 6.06. The molecule has 1 aromatic heterocycles. The number of rotatable bonds is 3. The van der Waals surface area contributed by atoms with Gasteiger partial charge < -0.3 is 19.9 Å². The molecular weight excluding hydrogens is 412 g/mol. The van der Waals surface area contributed by atoms with Crippen molar-refractivity contribution >= 4 is 23.8 Å². The number of benzene rings is 1. The number of guanidine groups is 1. The molecule has 0 aliphatic rings. The minimum absolute atomic E-state index is 0.328. The minimum atomic E-state index is -0.925. The van der Waals surface area contributed by atoms with Gasteiger partial charge in [0, 0.05) is 11.8 Å². The van der Waals surface area contributed by atoms with Crippen molar-refractivity contribution in [2.45, 2.75) is 52.7 Å². The van der Waals surface area contributed by atoms with Crippen LogP contribution in [0.3, 0.4) is 0 Å². The number of pyridine rings is 1. The third kappa shape index (κ3) is 6.97. The maximum Gasteiger partial charge on any atom is 0.437 e. The Bertz CT molecular complexity index is 1010. The Hall–Kier alpha value is -3.62. The fraction of sp³-hybridized carbons (Fsp3) is 0.391. The Labute approximate surface area is 188 Å². The van der Waals surface area contributed by atoms with Gasteiger partial charge in [0.2, 0.25) is 5.96 Å². The van der Waals surface area contributed by atoms with Crippen LogP contribution in [0.25, 0.3) is 11.3 Å². The van der Waals surface area contributed by atoms with E-state index in [1.54, 1.807) is 85.2 Å². The van der Waals surface area contributed by atoms with Gasteiger partial charge in [0.25, 0.3) is 0 Å². The quantitative estimate of drug-likeness (QED) is 0.538. The normalized spacial score (nSPS) is 12.2. The number of ether oxygens (including phenoxy) is 3. The van der Waals surface area contributed by atoms with Crippen molar-refractivity contribution in [3.63, 3.8) is 0 Å². The number of hydrogen-bond acceptors (Lipinski definition) is 6. The lowest BCUT2D eigenvalue weighted by Crippen LogP contribution is -2.45. The zero-order valence-electron chi connectivity index (χ0n) is 19.5. The van der Waals surface area contributed by atoms with Gasteiger partial charge >= 0.3 is 12.2 Å². The summed E-state index contributed by atoms with van der Waals surface area (Å²) >= 11 is 0. The molecule has 0 fully saturated rings. The van der Waals surface area contributed by atoms with Gasteiger partial charge in [-0.3, -0.25) is 4.98 Å². The summed E-state index contributed by atoms with van der Waals surface area (Å²) in [6.45, 7) is 10.3. The van der Waals surface area contributed by atoms with Crippen LogP contribution in [0, 0.1) is 0 Å². The minimum Gasteiger partial charge on any atom is -0.494 e. The maximum atomic E-state index is 13.0. The highest BCUT2D eigenvalue weighted by molar-refractivity contribution is 6.15. The summed E-state index contributed by atoms with van der Waals surface area (Å²) in [7, 11) is 1.54. The van der Waals surface area contributed by atoms with Crippen molar-refractivity contribution < 1.29 is 23.8 Å². The second-order valence-corrected chi connectivity index (χ2v) is 8.87. The molecule has 0 aliphatic heterocycles. The Morgan fingerprint density at radius 3 is 2.25 bits per heavy atom. The summed E-state index contributed by atoms with van der Waals surface area (Å²) < 4.78 is 16.1. The van der Waals surface area contributed by atoms with Gasteiger partial charge in [0.15, 0.2) is 0 Å². The molecule has 0 unspecified atom stereocenters. The monoisotopic (exact) mass is 442 g/mol. The topological polar surface area (TPSA) is 116 Å². The first-order chi connectivity index (χ1) is 14.8. The molecule has 0 atom stereocenters. The molecule has 0 aliphatic carbocycles. The fourth-order valence-corrected chi connectivity index (χ4v) is 2.63. The Balaban J connectivity index is 2.53. The molecule has 0 spiro atoms. The Morgan fingerprint density at radius 2 is 1.66 bits per heavy atom. The molecule has 2 amide bonds. The van der Waals surface area contributed by atoms with Crippen molar-refractivity contribution in [1.29, 1.82) is 0 Å². The number of anilines is 1. The van der Waals surface area contributed by atoms with Gasteiger partial charge in [-0.2, -0.15) is 0 Å². The van der Waals surface area contributed by atoms with Gasteiger partial charge in [-0.1, -0.05) is 12.1 Å². The number of nitrogens with zero attached hydrogens (tertiary/aromatic N) is 3. The molecule has 9 heteroatoms. The van der Waals surface area contributed by atoms with E-state index in [4.69, 9.17) is 19.9 Å². The second kappa shape index (κ2) is 9.67. The average Bonchev–Trinajstić information content (AvgIpc) is 2.65. The lowest BCUT2D eigenvalue weighted by molar-refractivity contribution is 0.0601. The van der Waals surface area contributed by atoms with Crippen LogP contribution in [0.2, 0.25) is 0 Å². The van der Waals surface area contributed by atoms with Gasteiger partial charge in [-0.25, -0.2) is 14.5 Å². The molecular formula is C23H30N4O5. The summed E-state index contributed by atoms with van der Waals surface area (Å²) in [5, 5.41) is 0. The van der Waals surface area contributed by atoms with Crippen molar-refractivity contribution in [1.82, 2.24) is 4.98 Å². The number of amides is 2. The van der Waals surface area contributed by atoms with Crippen molar-refractivity contribution in [2.24, 2.45) is 10.7 Å². The fourth-order valence-electron chi connectivity index (χ4n) is 2.63. The molecule has 0 bridgehead atoms. The van der Waals surface area contributed by atoms with E-state index >= 15 is 0 Å². The van der Waals surface area contributed by atoms with Crippen LogP contribution in [0.4, 0.5) is 15.3 Å². The molecule has 2 rings (SSSR count). The first-order valence-electron chi connectivity index (χ1n) is 10.0. The van der Waals surface area contributed by atoms with Gasteiger partial charge in [-0.05, 0) is 65.8 Å². The molecule has 2 aromatic rings. The van der Waals surface area contributed by atoms with Crippen LogP contribution >= 0.6 is 0 Å². The SMILES string of the molecule is COc1cccnc1-c1cccc(N(C(=O)OC(C)(C)C)C(N)=NC(=O)OC(C)(C)C)c1. The van der Waals surface area contributed by atoms with Crippen LogP contribution < -0.4 is 15.4 Å². The lowest BCUT2D eigenvalue weighted by atomic mass is 10.1. The second-order valence-electron chi connectivity index (χ2n) is 8.87. The third-order valence-corrected chi connectivity index (χ3v) is 3.77. The predicted molar refractivity (Wildman–Crippen MR) is 123 cm³/mol. The van der Waals surface area contributed by atoms with E-state index < -0.39 is 29.3 Å². The van der Waals surface area contributed by atoms with Gasteiger partial charge in [0.1, 0.15) is 22.6 Å². The molecule has 0 saturated heterocycles. The first kappa shape index (κ1) is 24.6.